The Labute approximate surface area is 110 Å². The molecule has 3 N–H and O–H groups in total. The van der Waals surface area contributed by atoms with Gasteiger partial charge in [-0.15, -0.1) is 0 Å². The summed E-state index contributed by atoms with van der Waals surface area (Å²) in [5.74, 6) is 0.146. The van der Waals surface area contributed by atoms with E-state index in [1.54, 1.807) is 11.3 Å². The Kier molecular flexibility index (Phi) is 3.98. The Balaban J connectivity index is 1.91. The maximum Gasteiger partial charge on any atom is 0.318 e. The second-order valence-corrected chi connectivity index (χ2v) is 5.46. The summed E-state index contributed by atoms with van der Waals surface area (Å²) in [6.07, 6.45) is 1.04. The maximum absolute atomic E-state index is 11.5. The maximum atomic E-state index is 11.5. The fourth-order valence-corrected chi connectivity index (χ4v) is 3.17. The molecule has 2 unspecified atom stereocenters. The van der Waals surface area contributed by atoms with Gasteiger partial charge in [-0.05, 0) is 41.7 Å². The summed E-state index contributed by atoms with van der Waals surface area (Å²) in [5.41, 5.74) is 6.26. The fourth-order valence-electron chi connectivity index (χ4n) is 2.43. The van der Waals surface area contributed by atoms with Gasteiger partial charge in [0.1, 0.15) is 0 Å². The zero-order valence-corrected chi connectivity index (χ0v) is 11.1. The number of nitrogens with zero attached hydrogens (tertiary/aromatic N) is 1. The number of carbonyl (C=O) groups excluding carboxylic acids is 2. The second kappa shape index (κ2) is 5.49. The van der Waals surface area contributed by atoms with E-state index in [-0.39, 0.29) is 12.5 Å². The van der Waals surface area contributed by atoms with Gasteiger partial charge in [0, 0.05) is 12.6 Å². The first-order valence-corrected chi connectivity index (χ1v) is 6.86. The molecule has 1 aromatic heterocycles. The first kappa shape index (κ1) is 13.0. The van der Waals surface area contributed by atoms with Crippen LogP contribution in [0.15, 0.2) is 16.8 Å². The van der Waals surface area contributed by atoms with Crippen molar-refractivity contribution in [1.82, 2.24) is 10.2 Å². The van der Waals surface area contributed by atoms with E-state index in [9.17, 15) is 9.59 Å². The molecule has 2 atom stereocenters. The summed E-state index contributed by atoms with van der Waals surface area (Å²) in [6.45, 7) is 3.18. The molecule has 0 aromatic carbocycles. The number of hydrogen-bond donors (Lipinski definition) is 2. The SMILES string of the molecule is CC1CC(c2ccsc2)CN1CC(=O)NC(N)=O. The highest BCUT2D eigenvalue weighted by atomic mass is 32.1. The number of rotatable bonds is 3. The lowest BCUT2D eigenvalue weighted by Crippen LogP contribution is -2.43. The minimum Gasteiger partial charge on any atom is -0.351 e. The van der Waals surface area contributed by atoms with E-state index >= 15 is 0 Å². The molecule has 1 saturated heterocycles. The number of urea groups is 1. The third-order valence-electron chi connectivity index (χ3n) is 3.33. The molecule has 6 heteroatoms. The summed E-state index contributed by atoms with van der Waals surface area (Å²) >= 11 is 1.69. The molecular weight excluding hydrogens is 250 g/mol. The number of amides is 3. The molecule has 5 nitrogen and oxygen atoms in total. The van der Waals surface area contributed by atoms with E-state index < -0.39 is 6.03 Å². The molecule has 0 bridgehead atoms. The first-order chi connectivity index (χ1) is 8.56. The van der Waals surface area contributed by atoms with Crippen molar-refractivity contribution in [2.24, 2.45) is 5.73 Å². The molecule has 1 aliphatic rings. The molecule has 1 aromatic rings. The van der Waals surface area contributed by atoms with Gasteiger partial charge in [0.2, 0.25) is 5.91 Å². The Morgan fingerprint density at radius 3 is 3.00 bits per heavy atom. The predicted octanol–water partition coefficient (Wildman–Crippen LogP) is 1.12. The number of hydrogen-bond acceptors (Lipinski definition) is 4. The lowest BCUT2D eigenvalue weighted by Gasteiger charge is -2.19. The zero-order valence-electron chi connectivity index (χ0n) is 10.3. The van der Waals surface area contributed by atoms with Gasteiger partial charge in [-0.25, -0.2) is 4.79 Å². The summed E-state index contributed by atoms with van der Waals surface area (Å²) < 4.78 is 0. The molecule has 1 aliphatic heterocycles. The predicted molar refractivity (Wildman–Crippen MR) is 70.4 cm³/mol. The van der Waals surface area contributed by atoms with E-state index in [4.69, 9.17) is 5.73 Å². The number of carbonyl (C=O) groups is 2. The van der Waals surface area contributed by atoms with Crippen LogP contribution in [0.1, 0.15) is 24.8 Å². The van der Waals surface area contributed by atoms with Gasteiger partial charge >= 0.3 is 6.03 Å². The van der Waals surface area contributed by atoms with Crippen LogP contribution in [0.2, 0.25) is 0 Å². The van der Waals surface area contributed by atoms with Crippen molar-refractivity contribution in [2.45, 2.75) is 25.3 Å². The van der Waals surface area contributed by atoms with Crippen LogP contribution < -0.4 is 11.1 Å². The minimum atomic E-state index is -0.791. The molecule has 98 valence electrons. The molecule has 2 rings (SSSR count). The number of nitrogens with one attached hydrogen (secondary N) is 1. The number of imide groups is 1. The largest absolute Gasteiger partial charge is 0.351 e. The first-order valence-electron chi connectivity index (χ1n) is 5.91. The Morgan fingerprint density at radius 2 is 2.39 bits per heavy atom. The van der Waals surface area contributed by atoms with Crippen molar-refractivity contribution < 1.29 is 9.59 Å². The van der Waals surface area contributed by atoms with Crippen LogP contribution in [0.4, 0.5) is 4.79 Å². The summed E-state index contributed by atoms with van der Waals surface area (Å²) in [4.78, 5) is 24.2. The van der Waals surface area contributed by atoms with E-state index in [2.05, 4.69) is 34.0 Å². The lowest BCUT2D eigenvalue weighted by atomic mass is 10.00. The van der Waals surface area contributed by atoms with Gasteiger partial charge < -0.3 is 5.73 Å². The van der Waals surface area contributed by atoms with E-state index in [1.807, 2.05) is 0 Å². The van der Waals surface area contributed by atoms with Crippen molar-refractivity contribution in [2.75, 3.05) is 13.1 Å². The molecule has 3 amide bonds. The Morgan fingerprint density at radius 1 is 1.61 bits per heavy atom. The standard InChI is InChI=1S/C12H17N3O2S/c1-8-4-10(9-2-3-18-7-9)5-15(8)6-11(16)14-12(13)17/h2-3,7-8,10H,4-6H2,1H3,(H3,13,14,16,17). The van der Waals surface area contributed by atoms with Crippen LogP contribution in [-0.2, 0) is 4.79 Å². The van der Waals surface area contributed by atoms with Crippen molar-refractivity contribution in [1.29, 1.82) is 0 Å². The quantitative estimate of drug-likeness (QED) is 0.861. The Hall–Kier alpha value is -1.40. The summed E-state index contributed by atoms with van der Waals surface area (Å²) in [6, 6.07) is 1.68. The molecule has 2 heterocycles. The molecular formula is C12H17N3O2S. The highest BCUT2D eigenvalue weighted by Gasteiger charge is 2.31. The smallest absolute Gasteiger partial charge is 0.318 e. The van der Waals surface area contributed by atoms with Gasteiger partial charge in [-0.2, -0.15) is 11.3 Å². The minimum absolute atomic E-state index is 0.227. The molecule has 0 spiro atoms. The number of primary amides is 1. The van der Waals surface area contributed by atoms with Gasteiger partial charge in [0.15, 0.2) is 0 Å². The van der Waals surface area contributed by atoms with Crippen LogP contribution in [0.5, 0.6) is 0 Å². The highest BCUT2D eigenvalue weighted by molar-refractivity contribution is 7.07. The highest BCUT2D eigenvalue weighted by Crippen LogP contribution is 2.32. The van der Waals surface area contributed by atoms with Gasteiger partial charge in [-0.3, -0.25) is 15.0 Å². The van der Waals surface area contributed by atoms with Crippen LogP contribution >= 0.6 is 11.3 Å². The Bertz CT molecular complexity index is 433. The molecule has 18 heavy (non-hydrogen) atoms. The average molecular weight is 267 g/mol. The van der Waals surface area contributed by atoms with E-state index in [0.29, 0.717) is 12.0 Å². The number of nitrogens with two attached hydrogens (primary N) is 1. The normalized spacial score (nSPS) is 24.1. The van der Waals surface area contributed by atoms with Crippen LogP contribution in [0, 0.1) is 0 Å². The van der Waals surface area contributed by atoms with Gasteiger partial charge in [0.25, 0.3) is 0 Å². The third-order valence-corrected chi connectivity index (χ3v) is 4.03. The van der Waals surface area contributed by atoms with Crippen molar-refractivity contribution in [3.63, 3.8) is 0 Å². The third kappa shape index (κ3) is 3.08. The van der Waals surface area contributed by atoms with Crippen molar-refractivity contribution in [3.8, 4) is 0 Å². The van der Waals surface area contributed by atoms with Crippen LogP contribution in [-0.4, -0.2) is 36.0 Å². The van der Waals surface area contributed by atoms with Crippen molar-refractivity contribution in [3.05, 3.63) is 22.4 Å². The zero-order chi connectivity index (χ0) is 13.1. The summed E-state index contributed by atoms with van der Waals surface area (Å²) in [7, 11) is 0. The van der Waals surface area contributed by atoms with Crippen LogP contribution in [0.25, 0.3) is 0 Å². The number of likely N-dealkylation sites (tertiary alicyclic amines) is 1. The van der Waals surface area contributed by atoms with E-state index in [1.165, 1.54) is 5.56 Å². The number of thiophene rings is 1. The van der Waals surface area contributed by atoms with E-state index in [0.717, 1.165) is 13.0 Å². The lowest BCUT2D eigenvalue weighted by molar-refractivity contribution is -0.121. The fraction of sp³-hybridized carbons (Fsp3) is 0.500. The monoisotopic (exact) mass is 267 g/mol. The molecule has 1 fully saturated rings. The molecule has 0 aliphatic carbocycles. The van der Waals surface area contributed by atoms with Crippen molar-refractivity contribution >= 4 is 23.3 Å². The van der Waals surface area contributed by atoms with Crippen LogP contribution in [0.3, 0.4) is 0 Å². The second-order valence-electron chi connectivity index (χ2n) is 4.68. The summed E-state index contributed by atoms with van der Waals surface area (Å²) in [5, 5.41) is 6.33. The average Bonchev–Trinajstić information content (AvgIpc) is 2.87. The molecule has 0 radical (unpaired) electrons. The molecule has 0 saturated carbocycles. The van der Waals surface area contributed by atoms with Gasteiger partial charge in [-0.1, -0.05) is 0 Å². The van der Waals surface area contributed by atoms with Gasteiger partial charge in [0.05, 0.1) is 6.54 Å². The topological polar surface area (TPSA) is 75.4 Å².